The largest absolute Gasteiger partial charge is 0.374 e. The number of rotatable bonds is 5. The minimum atomic E-state index is 0.761. The van der Waals surface area contributed by atoms with Crippen LogP contribution in [-0.4, -0.2) is 26.1 Å². The zero-order valence-corrected chi connectivity index (χ0v) is 10.4. The summed E-state index contributed by atoms with van der Waals surface area (Å²) in [7, 11) is 0. The maximum atomic E-state index is 4.19. The first-order chi connectivity index (χ1) is 7.90. The molecule has 5 nitrogen and oxygen atoms in total. The Kier molecular flexibility index (Phi) is 4.06. The number of nitrogens with one attached hydrogen (secondary N) is 1. The van der Waals surface area contributed by atoms with Gasteiger partial charge in [-0.3, -0.25) is 4.98 Å². The molecule has 2 aromatic rings. The summed E-state index contributed by atoms with van der Waals surface area (Å²) in [5, 5.41) is 9.26. The molecule has 84 valence electrons. The monoisotopic (exact) mass is 253 g/mol. The number of aromatic nitrogens is 4. The molecule has 16 heavy (non-hydrogen) atoms. The van der Waals surface area contributed by atoms with Crippen LogP contribution < -0.4 is 5.32 Å². The van der Waals surface area contributed by atoms with E-state index in [0.29, 0.717) is 0 Å². The Morgan fingerprint density at radius 2 is 2.38 bits per heavy atom. The van der Waals surface area contributed by atoms with E-state index in [1.165, 1.54) is 11.5 Å². The van der Waals surface area contributed by atoms with Gasteiger partial charge in [0.25, 0.3) is 0 Å². The van der Waals surface area contributed by atoms with Gasteiger partial charge in [0.2, 0.25) is 0 Å². The van der Waals surface area contributed by atoms with E-state index in [-0.39, 0.29) is 0 Å². The zero-order valence-electron chi connectivity index (χ0n) is 8.75. The van der Waals surface area contributed by atoms with Crippen molar-refractivity contribution in [2.75, 3.05) is 11.9 Å². The average Bonchev–Trinajstić information content (AvgIpc) is 2.76. The van der Waals surface area contributed by atoms with Crippen LogP contribution in [-0.2, 0) is 5.75 Å². The molecule has 2 rings (SSSR count). The maximum Gasteiger partial charge on any atom is 0.134 e. The van der Waals surface area contributed by atoms with Gasteiger partial charge in [-0.1, -0.05) is 16.3 Å². The van der Waals surface area contributed by atoms with Crippen molar-refractivity contribution >= 4 is 28.3 Å². The van der Waals surface area contributed by atoms with E-state index in [2.05, 4.69) is 31.8 Å². The molecule has 0 aliphatic rings. The molecule has 2 aromatic heterocycles. The van der Waals surface area contributed by atoms with Gasteiger partial charge in [-0.15, -0.1) is 5.10 Å². The van der Waals surface area contributed by atoms with Crippen molar-refractivity contribution in [3.05, 3.63) is 24.3 Å². The van der Waals surface area contributed by atoms with Crippen molar-refractivity contribution < 1.29 is 0 Å². The molecule has 0 atom stereocenters. The van der Waals surface area contributed by atoms with Gasteiger partial charge in [-0.25, -0.2) is 4.98 Å². The summed E-state index contributed by atoms with van der Waals surface area (Å²) < 4.78 is 3.93. The molecule has 0 aromatic carbocycles. The quantitative estimate of drug-likeness (QED) is 0.823. The molecule has 2 heterocycles. The highest BCUT2D eigenvalue weighted by atomic mass is 32.2. The first-order valence-corrected chi connectivity index (χ1v) is 6.60. The van der Waals surface area contributed by atoms with E-state index < -0.39 is 0 Å². The molecule has 0 saturated heterocycles. The minimum absolute atomic E-state index is 0.761. The lowest BCUT2D eigenvalue weighted by atomic mass is 10.5. The average molecular weight is 253 g/mol. The lowest BCUT2D eigenvalue weighted by molar-refractivity contribution is 1.04. The fraction of sp³-hybridized carbons (Fsp3) is 0.333. The van der Waals surface area contributed by atoms with Gasteiger partial charge in [0.05, 0.1) is 6.20 Å². The SMILES string of the molecule is CCNc1snnc1CSc1cnccn1. The van der Waals surface area contributed by atoms with Gasteiger partial charge in [0, 0.05) is 36.2 Å². The predicted octanol–water partition coefficient (Wildman–Crippen LogP) is 2.05. The molecule has 0 aliphatic heterocycles. The van der Waals surface area contributed by atoms with Crippen LogP contribution in [0.15, 0.2) is 23.6 Å². The number of anilines is 1. The first-order valence-electron chi connectivity index (χ1n) is 4.84. The third kappa shape index (κ3) is 2.89. The molecule has 0 fully saturated rings. The molecular formula is C9H11N5S2. The van der Waals surface area contributed by atoms with Crippen LogP contribution in [0.5, 0.6) is 0 Å². The lowest BCUT2D eigenvalue weighted by Crippen LogP contribution is -1.97. The highest BCUT2D eigenvalue weighted by molar-refractivity contribution is 7.98. The Balaban J connectivity index is 1.97. The number of hydrogen-bond donors (Lipinski definition) is 1. The summed E-state index contributed by atoms with van der Waals surface area (Å²) >= 11 is 3.00. The summed E-state index contributed by atoms with van der Waals surface area (Å²) in [6.45, 7) is 2.94. The van der Waals surface area contributed by atoms with Crippen LogP contribution >= 0.6 is 23.3 Å². The molecule has 0 saturated carbocycles. The fourth-order valence-corrected chi connectivity index (χ4v) is 2.60. The van der Waals surface area contributed by atoms with E-state index in [0.717, 1.165) is 28.0 Å². The van der Waals surface area contributed by atoms with E-state index in [1.54, 1.807) is 30.4 Å². The van der Waals surface area contributed by atoms with E-state index in [1.807, 2.05) is 0 Å². The molecule has 7 heteroatoms. The van der Waals surface area contributed by atoms with Crippen LogP contribution in [0.4, 0.5) is 5.00 Å². The van der Waals surface area contributed by atoms with Crippen LogP contribution in [0.3, 0.4) is 0 Å². The minimum Gasteiger partial charge on any atom is -0.374 e. The second-order valence-corrected chi connectivity index (χ2v) is 4.66. The number of hydrogen-bond acceptors (Lipinski definition) is 7. The topological polar surface area (TPSA) is 63.6 Å². The fourth-order valence-electron chi connectivity index (χ4n) is 1.10. The van der Waals surface area contributed by atoms with Crippen LogP contribution in [0.2, 0.25) is 0 Å². The van der Waals surface area contributed by atoms with Gasteiger partial charge in [0.15, 0.2) is 0 Å². The molecule has 0 unspecified atom stereocenters. The molecule has 0 aliphatic carbocycles. The van der Waals surface area contributed by atoms with Gasteiger partial charge < -0.3 is 5.32 Å². The van der Waals surface area contributed by atoms with E-state index in [4.69, 9.17) is 0 Å². The Morgan fingerprint density at radius 1 is 1.44 bits per heavy atom. The second kappa shape index (κ2) is 5.76. The smallest absolute Gasteiger partial charge is 0.134 e. The van der Waals surface area contributed by atoms with Gasteiger partial charge in [-0.2, -0.15) is 0 Å². The van der Waals surface area contributed by atoms with Crippen LogP contribution in [0, 0.1) is 0 Å². The summed E-state index contributed by atoms with van der Waals surface area (Å²) in [6.07, 6.45) is 5.10. The zero-order chi connectivity index (χ0) is 11.2. The molecular weight excluding hydrogens is 242 g/mol. The third-order valence-electron chi connectivity index (χ3n) is 1.79. The van der Waals surface area contributed by atoms with Crippen molar-refractivity contribution in [3.63, 3.8) is 0 Å². The van der Waals surface area contributed by atoms with Crippen LogP contribution in [0.1, 0.15) is 12.6 Å². The van der Waals surface area contributed by atoms with Crippen LogP contribution in [0.25, 0.3) is 0 Å². The van der Waals surface area contributed by atoms with Crippen molar-refractivity contribution in [2.45, 2.75) is 17.7 Å². The van der Waals surface area contributed by atoms with Gasteiger partial charge >= 0.3 is 0 Å². The summed E-state index contributed by atoms with van der Waals surface area (Å²) in [4.78, 5) is 8.20. The Morgan fingerprint density at radius 3 is 3.12 bits per heavy atom. The van der Waals surface area contributed by atoms with Crippen molar-refractivity contribution in [1.82, 2.24) is 19.6 Å². The standard InChI is InChI=1S/C9H11N5S2/c1-2-11-9-7(13-14-16-9)6-15-8-5-10-3-4-12-8/h3-5,11H,2,6H2,1H3. The highest BCUT2D eigenvalue weighted by Gasteiger charge is 2.07. The summed E-state index contributed by atoms with van der Waals surface area (Å²) in [5.41, 5.74) is 0.975. The van der Waals surface area contributed by atoms with Gasteiger partial charge in [0.1, 0.15) is 15.7 Å². The summed E-state index contributed by atoms with van der Waals surface area (Å²) in [6, 6.07) is 0. The number of nitrogens with zero attached hydrogens (tertiary/aromatic N) is 4. The normalized spacial score (nSPS) is 10.3. The molecule has 0 bridgehead atoms. The van der Waals surface area contributed by atoms with E-state index in [9.17, 15) is 0 Å². The highest BCUT2D eigenvalue weighted by Crippen LogP contribution is 2.25. The molecule has 1 N–H and O–H groups in total. The summed E-state index contributed by atoms with van der Waals surface area (Å²) in [5.74, 6) is 0.761. The molecule has 0 radical (unpaired) electrons. The predicted molar refractivity (Wildman–Crippen MR) is 65.7 cm³/mol. The molecule has 0 amide bonds. The van der Waals surface area contributed by atoms with Crippen molar-refractivity contribution in [1.29, 1.82) is 0 Å². The van der Waals surface area contributed by atoms with Gasteiger partial charge in [-0.05, 0) is 6.92 Å². The Bertz CT molecular complexity index is 430. The van der Waals surface area contributed by atoms with Crippen molar-refractivity contribution in [2.24, 2.45) is 0 Å². The third-order valence-corrected chi connectivity index (χ3v) is 3.44. The first kappa shape index (κ1) is 11.3. The maximum absolute atomic E-state index is 4.19. The van der Waals surface area contributed by atoms with E-state index >= 15 is 0 Å². The van der Waals surface area contributed by atoms with Crippen molar-refractivity contribution in [3.8, 4) is 0 Å². The Labute approximate surface area is 102 Å². The Hall–Kier alpha value is -1.21. The molecule has 0 spiro atoms. The second-order valence-electron chi connectivity index (χ2n) is 2.91. The lowest BCUT2D eigenvalue weighted by Gasteiger charge is -2.01. The number of thioether (sulfide) groups is 1.